The van der Waals surface area contributed by atoms with Gasteiger partial charge in [0.05, 0.1) is 20.3 Å². The predicted molar refractivity (Wildman–Crippen MR) is 139 cm³/mol. The summed E-state index contributed by atoms with van der Waals surface area (Å²) in [5.41, 5.74) is -0.211. The van der Waals surface area contributed by atoms with Gasteiger partial charge in [-0.1, -0.05) is 18.2 Å². The topological polar surface area (TPSA) is 255 Å². The number of carbonyl (C=O) groups excluding carboxylic acids is 1. The molecule has 2 aromatic rings. The Bertz CT molecular complexity index is 1240. The van der Waals surface area contributed by atoms with Gasteiger partial charge in [0.25, 0.3) is 0 Å². The summed E-state index contributed by atoms with van der Waals surface area (Å²) in [5, 5.41) is 90.0. The summed E-state index contributed by atoms with van der Waals surface area (Å²) < 4.78 is 32.6. The van der Waals surface area contributed by atoms with E-state index in [1.807, 2.05) is 0 Å². The van der Waals surface area contributed by atoms with Gasteiger partial charge < -0.3 is 74.4 Å². The standard InChI is InChI=1S/C27H34O16/c1-38-24-14(41-27-23(36)21(34)19(32)16(9-29)43-27)7-6-12(30)17(24)25(37)39-10-11-4-2-3-5-13(11)40-26-22(35)20(33)18(31)15(8-28)42-26/h2-7,15-16,18-23,26-36H,8-10H2,1H3/t15-,16+,18-,19-,20+,21-,22-,23+,26+,27+/m1/s1. The quantitative estimate of drug-likeness (QED) is 0.122. The molecule has 4 rings (SSSR count). The molecule has 238 valence electrons. The number of para-hydroxylation sites is 1. The second-order valence-electron chi connectivity index (χ2n) is 9.81. The van der Waals surface area contributed by atoms with E-state index in [4.69, 9.17) is 28.4 Å². The number of hydrogen-bond donors (Lipinski definition) is 9. The molecule has 10 atom stereocenters. The van der Waals surface area contributed by atoms with Gasteiger partial charge in [-0.3, -0.25) is 0 Å². The molecule has 9 N–H and O–H groups in total. The lowest BCUT2D eigenvalue weighted by Gasteiger charge is -2.39. The Kier molecular flexibility index (Phi) is 10.6. The van der Waals surface area contributed by atoms with Crippen LogP contribution < -0.4 is 14.2 Å². The van der Waals surface area contributed by atoms with Crippen molar-refractivity contribution in [3.05, 3.63) is 47.5 Å². The van der Waals surface area contributed by atoms with E-state index in [0.29, 0.717) is 0 Å². The molecule has 43 heavy (non-hydrogen) atoms. The van der Waals surface area contributed by atoms with Gasteiger partial charge in [-0.15, -0.1) is 0 Å². The van der Waals surface area contributed by atoms with Gasteiger partial charge in [-0.2, -0.15) is 0 Å². The van der Waals surface area contributed by atoms with Crippen molar-refractivity contribution in [2.75, 3.05) is 20.3 Å². The Morgan fingerprint density at radius 3 is 1.81 bits per heavy atom. The molecule has 0 radical (unpaired) electrons. The highest BCUT2D eigenvalue weighted by atomic mass is 16.7. The number of benzene rings is 2. The summed E-state index contributed by atoms with van der Waals surface area (Å²) in [6.07, 6.45) is -15.6. The summed E-state index contributed by atoms with van der Waals surface area (Å²) in [6.45, 7) is -1.79. The highest BCUT2D eigenvalue weighted by Crippen LogP contribution is 2.39. The zero-order valence-electron chi connectivity index (χ0n) is 22.7. The molecule has 0 amide bonds. The minimum atomic E-state index is -1.76. The fraction of sp³-hybridized carbons (Fsp3) is 0.519. The van der Waals surface area contributed by atoms with Crippen LogP contribution in [0.5, 0.6) is 23.0 Å². The van der Waals surface area contributed by atoms with E-state index in [9.17, 15) is 50.8 Å². The van der Waals surface area contributed by atoms with E-state index in [-0.39, 0.29) is 22.8 Å². The van der Waals surface area contributed by atoms with Gasteiger partial charge in [-0.05, 0) is 18.2 Å². The maximum absolute atomic E-state index is 13.1. The number of aliphatic hydroxyl groups excluding tert-OH is 8. The van der Waals surface area contributed by atoms with Crippen LogP contribution in [0.2, 0.25) is 0 Å². The Morgan fingerprint density at radius 1 is 0.744 bits per heavy atom. The molecule has 0 unspecified atom stereocenters. The molecular weight excluding hydrogens is 580 g/mol. The van der Waals surface area contributed by atoms with Crippen LogP contribution in [0.15, 0.2) is 36.4 Å². The predicted octanol–water partition coefficient (Wildman–Crippen LogP) is -2.88. The first-order valence-electron chi connectivity index (χ1n) is 13.1. The summed E-state index contributed by atoms with van der Waals surface area (Å²) in [7, 11) is 1.16. The van der Waals surface area contributed by atoms with Crippen LogP contribution in [-0.4, -0.2) is 134 Å². The maximum Gasteiger partial charge on any atom is 0.346 e. The van der Waals surface area contributed by atoms with Gasteiger partial charge in [0.2, 0.25) is 12.6 Å². The number of aliphatic hydroxyl groups is 8. The second kappa shape index (κ2) is 14.0. The van der Waals surface area contributed by atoms with Crippen LogP contribution in [0, 0.1) is 0 Å². The number of esters is 1. The van der Waals surface area contributed by atoms with Crippen LogP contribution in [0.25, 0.3) is 0 Å². The lowest BCUT2D eigenvalue weighted by Crippen LogP contribution is -2.60. The third-order valence-corrected chi connectivity index (χ3v) is 7.02. The molecule has 2 heterocycles. The van der Waals surface area contributed by atoms with E-state index < -0.39 is 98.5 Å². The van der Waals surface area contributed by atoms with Crippen molar-refractivity contribution in [3.8, 4) is 23.0 Å². The van der Waals surface area contributed by atoms with Crippen LogP contribution >= 0.6 is 0 Å². The molecular formula is C27H34O16. The normalized spacial score (nSPS) is 32.6. The molecule has 2 saturated heterocycles. The van der Waals surface area contributed by atoms with Gasteiger partial charge in [0.15, 0.2) is 11.5 Å². The minimum Gasteiger partial charge on any atom is -0.507 e. The van der Waals surface area contributed by atoms with Gasteiger partial charge >= 0.3 is 5.97 Å². The number of rotatable bonds is 10. The van der Waals surface area contributed by atoms with E-state index >= 15 is 0 Å². The van der Waals surface area contributed by atoms with E-state index in [1.54, 1.807) is 12.1 Å². The monoisotopic (exact) mass is 614 g/mol. The first kappa shape index (κ1) is 32.6. The molecule has 0 aliphatic carbocycles. The molecule has 16 heteroatoms. The van der Waals surface area contributed by atoms with Crippen LogP contribution in [0.3, 0.4) is 0 Å². The second-order valence-corrected chi connectivity index (χ2v) is 9.81. The molecule has 0 aromatic heterocycles. The number of carbonyl (C=O) groups is 1. The average Bonchev–Trinajstić information content (AvgIpc) is 3.01. The number of phenolic OH excluding ortho intramolecular Hbond substituents is 1. The van der Waals surface area contributed by atoms with Crippen molar-refractivity contribution >= 4 is 5.97 Å². The Labute approximate surface area is 244 Å². The summed E-state index contributed by atoms with van der Waals surface area (Å²) in [4.78, 5) is 13.1. The average molecular weight is 615 g/mol. The van der Waals surface area contributed by atoms with Crippen molar-refractivity contribution in [2.24, 2.45) is 0 Å². The summed E-state index contributed by atoms with van der Waals surface area (Å²) in [5.74, 6) is -2.13. The van der Waals surface area contributed by atoms with Crippen LogP contribution in [0.1, 0.15) is 15.9 Å². The highest BCUT2D eigenvalue weighted by Gasteiger charge is 2.46. The lowest BCUT2D eigenvalue weighted by atomic mass is 9.99. The first-order chi connectivity index (χ1) is 20.5. The van der Waals surface area contributed by atoms with Gasteiger partial charge in [0, 0.05) is 5.56 Å². The first-order valence-corrected chi connectivity index (χ1v) is 13.1. The van der Waals surface area contributed by atoms with E-state index in [0.717, 1.165) is 13.2 Å². The van der Waals surface area contributed by atoms with Crippen molar-refractivity contribution in [3.63, 3.8) is 0 Å². The van der Waals surface area contributed by atoms with Crippen molar-refractivity contribution in [1.29, 1.82) is 0 Å². The van der Waals surface area contributed by atoms with Gasteiger partial charge in [-0.25, -0.2) is 4.79 Å². The van der Waals surface area contributed by atoms with Crippen LogP contribution in [0.4, 0.5) is 0 Å². The fourth-order valence-corrected chi connectivity index (χ4v) is 4.58. The third kappa shape index (κ3) is 6.78. The Hall–Kier alpha value is -3.29. The Balaban J connectivity index is 1.50. The molecule has 2 aliphatic heterocycles. The van der Waals surface area contributed by atoms with E-state index in [1.165, 1.54) is 18.2 Å². The smallest absolute Gasteiger partial charge is 0.346 e. The fourth-order valence-electron chi connectivity index (χ4n) is 4.58. The Morgan fingerprint density at radius 2 is 1.28 bits per heavy atom. The molecule has 0 saturated carbocycles. The number of aromatic hydroxyl groups is 1. The molecule has 0 spiro atoms. The van der Waals surface area contributed by atoms with E-state index in [2.05, 4.69) is 0 Å². The highest BCUT2D eigenvalue weighted by molar-refractivity contribution is 5.96. The number of hydrogen-bond acceptors (Lipinski definition) is 16. The summed E-state index contributed by atoms with van der Waals surface area (Å²) >= 11 is 0. The zero-order valence-corrected chi connectivity index (χ0v) is 22.7. The SMILES string of the molecule is COc1c(O[C@H]2O[C@@H](CO)[C@@H](O)[C@@H](O)[C@@H]2O)ccc(O)c1C(=O)OCc1ccccc1O[C@H]1O[C@H](CO)[C@@H](O)[C@H](O)[C@H]1O. The van der Waals surface area contributed by atoms with Crippen LogP contribution in [-0.2, 0) is 20.8 Å². The number of methoxy groups -OCH3 is 1. The molecule has 16 nitrogen and oxygen atoms in total. The van der Waals surface area contributed by atoms with Crippen molar-refractivity contribution < 1.29 is 79.2 Å². The van der Waals surface area contributed by atoms with Crippen molar-refractivity contribution in [2.45, 2.75) is 68.0 Å². The lowest BCUT2D eigenvalue weighted by molar-refractivity contribution is -0.277. The molecule has 2 aliphatic rings. The number of phenols is 1. The largest absolute Gasteiger partial charge is 0.507 e. The third-order valence-electron chi connectivity index (χ3n) is 7.02. The molecule has 2 fully saturated rings. The van der Waals surface area contributed by atoms with Gasteiger partial charge in [0.1, 0.15) is 72.5 Å². The van der Waals surface area contributed by atoms with Crippen molar-refractivity contribution in [1.82, 2.24) is 0 Å². The number of ether oxygens (including phenoxy) is 6. The molecule has 2 aromatic carbocycles. The molecule has 0 bridgehead atoms. The maximum atomic E-state index is 13.1. The minimum absolute atomic E-state index is 0.0653. The zero-order chi connectivity index (χ0) is 31.4. The summed E-state index contributed by atoms with van der Waals surface area (Å²) in [6, 6.07) is 8.40.